The number of aromatic amines is 2. The van der Waals surface area contributed by atoms with Crippen LogP contribution in [-0.2, 0) is 17.6 Å². The zero-order valence-electron chi connectivity index (χ0n) is 13.3. The number of rotatable bonds is 6. The van der Waals surface area contributed by atoms with Gasteiger partial charge >= 0.3 is 0 Å². The van der Waals surface area contributed by atoms with E-state index in [-0.39, 0.29) is 12.3 Å². The molecule has 6 nitrogen and oxygen atoms in total. The van der Waals surface area contributed by atoms with Crippen LogP contribution in [-0.4, -0.2) is 32.6 Å². The van der Waals surface area contributed by atoms with E-state index >= 15 is 0 Å². The van der Waals surface area contributed by atoms with Crippen molar-refractivity contribution in [1.82, 2.24) is 25.5 Å². The summed E-state index contributed by atoms with van der Waals surface area (Å²) in [4.78, 5) is 19.2. The Balaban J connectivity index is 1.65. The molecule has 2 aromatic heterocycles. The molecule has 0 atom stereocenters. The van der Waals surface area contributed by atoms with E-state index in [4.69, 9.17) is 11.6 Å². The Bertz CT molecular complexity index is 808. The number of H-pyrrole nitrogens is 2. The Morgan fingerprint density at radius 1 is 1.29 bits per heavy atom. The quantitative estimate of drug-likeness (QED) is 0.643. The molecule has 0 saturated carbocycles. The highest BCUT2D eigenvalue weighted by atomic mass is 35.5. The average Bonchev–Trinajstić information content (AvgIpc) is 3.20. The Morgan fingerprint density at radius 2 is 2.08 bits per heavy atom. The lowest BCUT2D eigenvalue weighted by Crippen LogP contribution is -2.27. The Morgan fingerprint density at radius 3 is 2.79 bits per heavy atom. The first-order valence-electron chi connectivity index (χ1n) is 7.67. The van der Waals surface area contributed by atoms with Crippen molar-refractivity contribution in [2.45, 2.75) is 19.8 Å². The fourth-order valence-corrected chi connectivity index (χ4v) is 2.62. The minimum atomic E-state index is -0.0331. The molecule has 1 aromatic carbocycles. The maximum Gasteiger partial charge on any atom is 0.224 e. The summed E-state index contributed by atoms with van der Waals surface area (Å²) in [6, 6.07) is 7.43. The minimum absolute atomic E-state index is 0.0331. The van der Waals surface area contributed by atoms with Gasteiger partial charge in [0.2, 0.25) is 5.91 Å². The SMILES string of the molecule is Cc1[nH]nc(-c2ccc(Cl)cc2)c1CC(=O)NCCc1cnc[nH]1. The average molecular weight is 344 g/mol. The van der Waals surface area contributed by atoms with Crippen molar-refractivity contribution in [2.24, 2.45) is 0 Å². The van der Waals surface area contributed by atoms with Gasteiger partial charge in [0, 0.05) is 46.7 Å². The van der Waals surface area contributed by atoms with Crippen LogP contribution in [0.1, 0.15) is 17.0 Å². The number of aryl methyl sites for hydroxylation is 1. The molecule has 0 spiro atoms. The standard InChI is InChI=1S/C17H18ClN5O/c1-11-15(8-16(24)20-7-6-14-9-19-10-21-14)17(23-22-11)12-2-4-13(18)5-3-12/h2-5,9-10H,6-8H2,1H3,(H,19,21)(H,20,24)(H,22,23). The highest BCUT2D eigenvalue weighted by molar-refractivity contribution is 6.30. The lowest BCUT2D eigenvalue weighted by molar-refractivity contribution is -0.120. The molecule has 0 aliphatic heterocycles. The maximum atomic E-state index is 12.2. The molecule has 3 rings (SSSR count). The summed E-state index contributed by atoms with van der Waals surface area (Å²) >= 11 is 5.93. The maximum absolute atomic E-state index is 12.2. The minimum Gasteiger partial charge on any atom is -0.355 e. The van der Waals surface area contributed by atoms with Crippen LogP contribution in [0.5, 0.6) is 0 Å². The number of halogens is 1. The molecule has 0 aliphatic carbocycles. The number of carbonyl (C=O) groups is 1. The third-order valence-corrected chi connectivity index (χ3v) is 4.05. The van der Waals surface area contributed by atoms with Gasteiger partial charge in [-0.3, -0.25) is 9.89 Å². The number of imidazole rings is 1. The molecule has 0 fully saturated rings. The fourth-order valence-electron chi connectivity index (χ4n) is 2.50. The van der Waals surface area contributed by atoms with Crippen LogP contribution < -0.4 is 5.32 Å². The number of benzene rings is 1. The highest BCUT2D eigenvalue weighted by Gasteiger charge is 2.15. The van der Waals surface area contributed by atoms with Crippen LogP contribution in [0.2, 0.25) is 5.02 Å². The van der Waals surface area contributed by atoms with Crippen LogP contribution in [0.15, 0.2) is 36.8 Å². The number of amides is 1. The molecule has 0 unspecified atom stereocenters. The number of hydrogen-bond acceptors (Lipinski definition) is 3. The van der Waals surface area contributed by atoms with Gasteiger partial charge in [-0.1, -0.05) is 23.7 Å². The normalized spacial score (nSPS) is 10.8. The van der Waals surface area contributed by atoms with Crippen molar-refractivity contribution < 1.29 is 4.79 Å². The van der Waals surface area contributed by atoms with E-state index in [0.29, 0.717) is 11.6 Å². The number of nitrogens with one attached hydrogen (secondary N) is 3. The van der Waals surface area contributed by atoms with Gasteiger partial charge in [-0.15, -0.1) is 0 Å². The van der Waals surface area contributed by atoms with E-state index < -0.39 is 0 Å². The van der Waals surface area contributed by atoms with Gasteiger partial charge in [0.1, 0.15) is 0 Å². The fraction of sp³-hybridized carbons (Fsp3) is 0.235. The lowest BCUT2D eigenvalue weighted by Gasteiger charge is -2.06. The molecule has 24 heavy (non-hydrogen) atoms. The van der Waals surface area contributed by atoms with Crippen molar-refractivity contribution in [3.05, 3.63) is 58.8 Å². The summed E-state index contributed by atoms with van der Waals surface area (Å²) in [5.74, 6) is -0.0331. The van der Waals surface area contributed by atoms with E-state index in [1.165, 1.54) is 0 Å². The molecule has 3 aromatic rings. The molecule has 3 N–H and O–H groups in total. The summed E-state index contributed by atoms with van der Waals surface area (Å²) in [5, 5.41) is 10.9. The monoisotopic (exact) mass is 343 g/mol. The summed E-state index contributed by atoms with van der Waals surface area (Å²) < 4.78 is 0. The third-order valence-electron chi connectivity index (χ3n) is 3.80. The van der Waals surface area contributed by atoms with Gasteiger partial charge in [-0.25, -0.2) is 4.98 Å². The third kappa shape index (κ3) is 3.83. The van der Waals surface area contributed by atoms with Crippen LogP contribution in [0, 0.1) is 6.92 Å². The Kier molecular flexibility index (Phi) is 4.96. The highest BCUT2D eigenvalue weighted by Crippen LogP contribution is 2.25. The van der Waals surface area contributed by atoms with Crippen molar-refractivity contribution in [3.8, 4) is 11.3 Å². The summed E-state index contributed by atoms with van der Waals surface area (Å²) in [7, 11) is 0. The molecule has 2 heterocycles. The molecule has 0 saturated heterocycles. The molecule has 0 aliphatic rings. The second-order valence-corrected chi connectivity index (χ2v) is 5.97. The van der Waals surface area contributed by atoms with Gasteiger partial charge in [-0.2, -0.15) is 5.10 Å². The largest absolute Gasteiger partial charge is 0.355 e. The zero-order valence-corrected chi connectivity index (χ0v) is 14.0. The first-order chi connectivity index (χ1) is 11.6. The van der Waals surface area contributed by atoms with Crippen molar-refractivity contribution >= 4 is 17.5 Å². The first kappa shape index (κ1) is 16.3. The molecule has 0 radical (unpaired) electrons. The van der Waals surface area contributed by atoms with Gasteiger partial charge in [0.05, 0.1) is 18.4 Å². The molecule has 0 bridgehead atoms. The zero-order chi connectivity index (χ0) is 16.9. The number of carbonyl (C=O) groups excluding carboxylic acids is 1. The van der Waals surface area contributed by atoms with E-state index in [9.17, 15) is 4.79 Å². The predicted octanol–water partition coefficient (Wildman–Crippen LogP) is 2.66. The molecular weight excluding hydrogens is 326 g/mol. The van der Waals surface area contributed by atoms with Gasteiger partial charge in [0.15, 0.2) is 0 Å². The van der Waals surface area contributed by atoms with Gasteiger partial charge in [0.25, 0.3) is 0 Å². The number of hydrogen-bond donors (Lipinski definition) is 3. The van der Waals surface area contributed by atoms with E-state index in [0.717, 1.165) is 34.6 Å². The molecule has 1 amide bonds. The van der Waals surface area contributed by atoms with Gasteiger partial charge < -0.3 is 10.3 Å². The predicted molar refractivity (Wildman–Crippen MR) is 92.8 cm³/mol. The first-order valence-corrected chi connectivity index (χ1v) is 8.05. The Labute approximate surface area is 144 Å². The Hall–Kier alpha value is -2.60. The summed E-state index contributed by atoms with van der Waals surface area (Å²) in [5.41, 5.74) is 4.51. The molecular formula is C17H18ClN5O. The number of nitrogens with zero attached hydrogens (tertiary/aromatic N) is 2. The topological polar surface area (TPSA) is 86.5 Å². The van der Waals surface area contributed by atoms with Crippen molar-refractivity contribution in [1.29, 1.82) is 0 Å². The molecule has 7 heteroatoms. The van der Waals surface area contributed by atoms with Crippen LogP contribution in [0.4, 0.5) is 0 Å². The van der Waals surface area contributed by atoms with Gasteiger partial charge in [-0.05, 0) is 19.1 Å². The smallest absolute Gasteiger partial charge is 0.224 e. The summed E-state index contributed by atoms with van der Waals surface area (Å²) in [6.07, 6.45) is 4.39. The lowest BCUT2D eigenvalue weighted by atomic mass is 10.0. The number of aromatic nitrogens is 4. The summed E-state index contributed by atoms with van der Waals surface area (Å²) in [6.45, 7) is 2.48. The van der Waals surface area contributed by atoms with Crippen molar-refractivity contribution in [2.75, 3.05) is 6.54 Å². The van der Waals surface area contributed by atoms with E-state index in [2.05, 4.69) is 25.5 Å². The molecule has 124 valence electrons. The van der Waals surface area contributed by atoms with E-state index in [1.54, 1.807) is 12.5 Å². The second kappa shape index (κ2) is 7.31. The van der Waals surface area contributed by atoms with Crippen LogP contribution in [0.3, 0.4) is 0 Å². The van der Waals surface area contributed by atoms with Crippen LogP contribution in [0.25, 0.3) is 11.3 Å². The van der Waals surface area contributed by atoms with E-state index in [1.807, 2.05) is 31.2 Å². The van der Waals surface area contributed by atoms with Crippen molar-refractivity contribution in [3.63, 3.8) is 0 Å². The second-order valence-electron chi connectivity index (χ2n) is 5.54. The van der Waals surface area contributed by atoms with Crippen LogP contribution >= 0.6 is 11.6 Å².